The fourth-order valence-corrected chi connectivity index (χ4v) is 3.18. The van der Waals surface area contributed by atoms with Gasteiger partial charge >= 0.3 is 0 Å². The van der Waals surface area contributed by atoms with Gasteiger partial charge in [-0.05, 0) is 76.5 Å². The maximum Gasteiger partial charge on any atom is 0.119 e. The summed E-state index contributed by atoms with van der Waals surface area (Å²) in [4.78, 5) is 2.55. The predicted molar refractivity (Wildman–Crippen MR) is 90.5 cm³/mol. The highest BCUT2D eigenvalue weighted by atomic mass is 16.5. The van der Waals surface area contributed by atoms with E-state index in [2.05, 4.69) is 18.7 Å². The van der Waals surface area contributed by atoms with Gasteiger partial charge in [-0.1, -0.05) is 0 Å². The van der Waals surface area contributed by atoms with Crippen molar-refractivity contribution >= 4 is 0 Å². The molecule has 1 aliphatic rings. The molecule has 0 amide bonds. The summed E-state index contributed by atoms with van der Waals surface area (Å²) in [5, 5.41) is 0. The number of nitrogens with two attached hydrogens (primary N) is 1. The van der Waals surface area contributed by atoms with E-state index in [9.17, 15) is 0 Å². The Balaban J connectivity index is 1.82. The fraction of sp³-hybridized carbons (Fsp3) is 0.667. The van der Waals surface area contributed by atoms with Crippen LogP contribution in [0.15, 0.2) is 24.3 Å². The normalized spacial score (nSPS) is 18.4. The molecular formula is C18H30N2O2. The Morgan fingerprint density at radius 3 is 2.23 bits per heavy atom. The Bertz CT molecular complexity index is 425. The van der Waals surface area contributed by atoms with Gasteiger partial charge in [0, 0.05) is 12.0 Å². The van der Waals surface area contributed by atoms with Gasteiger partial charge in [0.25, 0.3) is 0 Å². The minimum absolute atomic E-state index is 0.441. The first-order valence-electron chi connectivity index (χ1n) is 8.35. The number of hydrogen-bond donors (Lipinski definition) is 1. The van der Waals surface area contributed by atoms with Gasteiger partial charge in [0.1, 0.15) is 11.5 Å². The molecule has 1 heterocycles. The Morgan fingerprint density at radius 1 is 1.14 bits per heavy atom. The summed E-state index contributed by atoms with van der Waals surface area (Å²) < 4.78 is 11.1. The number of benzene rings is 1. The van der Waals surface area contributed by atoms with Crippen molar-refractivity contribution in [3.05, 3.63) is 24.3 Å². The average Bonchev–Trinajstić information content (AvgIpc) is 2.56. The second kappa shape index (κ2) is 8.39. The molecule has 1 fully saturated rings. The van der Waals surface area contributed by atoms with Crippen LogP contribution in [0.5, 0.6) is 11.5 Å². The minimum atomic E-state index is 0.441. The molecule has 4 nitrogen and oxygen atoms in total. The molecule has 124 valence electrons. The Labute approximate surface area is 134 Å². The van der Waals surface area contributed by atoms with E-state index in [1.165, 1.54) is 25.9 Å². The lowest BCUT2D eigenvalue weighted by molar-refractivity contribution is 0.101. The lowest BCUT2D eigenvalue weighted by atomic mass is 9.84. The standard InChI is InChI=1S/C18H30N2O2/c1-14(2)20-10-8-15(9-11-20)16(12-19)13-22-18-6-4-17(21-3)5-7-18/h4-7,14-16H,8-13,19H2,1-3H3. The molecule has 4 heteroatoms. The monoisotopic (exact) mass is 306 g/mol. The van der Waals surface area contributed by atoms with Crippen LogP contribution in [-0.2, 0) is 0 Å². The number of piperidine rings is 1. The topological polar surface area (TPSA) is 47.7 Å². The van der Waals surface area contributed by atoms with Crippen LogP contribution in [0.2, 0.25) is 0 Å². The quantitative estimate of drug-likeness (QED) is 0.841. The summed E-state index contributed by atoms with van der Waals surface area (Å²) in [5.41, 5.74) is 5.99. The van der Waals surface area contributed by atoms with Crippen molar-refractivity contribution in [3.63, 3.8) is 0 Å². The molecule has 1 aliphatic heterocycles. The van der Waals surface area contributed by atoms with Crippen LogP contribution in [0, 0.1) is 11.8 Å². The van der Waals surface area contributed by atoms with Gasteiger partial charge in [0.2, 0.25) is 0 Å². The number of rotatable bonds is 7. The predicted octanol–water partition coefficient (Wildman–Crippen LogP) is 2.77. The van der Waals surface area contributed by atoms with Gasteiger partial charge in [0.05, 0.1) is 13.7 Å². The molecule has 0 bridgehead atoms. The van der Waals surface area contributed by atoms with Crippen molar-refractivity contribution in [3.8, 4) is 11.5 Å². The van der Waals surface area contributed by atoms with Crippen LogP contribution in [0.25, 0.3) is 0 Å². The van der Waals surface area contributed by atoms with E-state index in [1.807, 2.05) is 24.3 Å². The van der Waals surface area contributed by atoms with Gasteiger partial charge in [-0.2, -0.15) is 0 Å². The molecule has 0 radical (unpaired) electrons. The summed E-state index contributed by atoms with van der Waals surface area (Å²) in [6.45, 7) is 8.31. The van der Waals surface area contributed by atoms with Gasteiger partial charge in [-0.3, -0.25) is 0 Å². The highest BCUT2D eigenvalue weighted by molar-refractivity contribution is 5.31. The number of methoxy groups -OCH3 is 1. The van der Waals surface area contributed by atoms with Crippen molar-refractivity contribution in [1.82, 2.24) is 4.90 Å². The van der Waals surface area contributed by atoms with Crippen LogP contribution >= 0.6 is 0 Å². The Kier molecular flexibility index (Phi) is 6.52. The largest absolute Gasteiger partial charge is 0.497 e. The lowest BCUT2D eigenvalue weighted by Gasteiger charge is -2.37. The zero-order valence-corrected chi connectivity index (χ0v) is 14.1. The van der Waals surface area contributed by atoms with E-state index < -0.39 is 0 Å². The van der Waals surface area contributed by atoms with Crippen molar-refractivity contribution in [1.29, 1.82) is 0 Å². The van der Waals surface area contributed by atoms with Crippen molar-refractivity contribution in [2.75, 3.05) is 33.4 Å². The number of hydrogen-bond acceptors (Lipinski definition) is 4. The molecule has 0 aromatic heterocycles. The van der Waals surface area contributed by atoms with E-state index in [4.69, 9.17) is 15.2 Å². The van der Waals surface area contributed by atoms with E-state index in [0.717, 1.165) is 11.5 Å². The zero-order valence-electron chi connectivity index (χ0n) is 14.1. The number of ether oxygens (including phenoxy) is 2. The van der Waals surface area contributed by atoms with E-state index in [1.54, 1.807) is 7.11 Å². The maximum absolute atomic E-state index is 5.99. The highest BCUT2D eigenvalue weighted by Gasteiger charge is 2.27. The molecular weight excluding hydrogens is 276 g/mol. The van der Waals surface area contributed by atoms with Crippen LogP contribution < -0.4 is 15.2 Å². The number of nitrogens with zero attached hydrogens (tertiary/aromatic N) is 1. The third-order valence-corrected chi connectivity index (χ3v) is 4.80. The van der Waals surface area contributed by atoms with Crippen LogP contribution in [0.1, 0.15) is 26.7 Å². The van der Waals surface area contributed by atoms with Crippen molar-refractivity contribution in [2.45, 2.75) is 32.7 Å². The van der Waals surface area contributed by atoms with Gasteiger partial charge < -0.3 is 20.1 Å². The summed E-state index contributed by atoms with van der Waals surface area (Å²) in [5.74, 6) is 2.86. The molecule has 1 atom stereocenters. The Hall–Kier alpha value is -1.26. The molecule has 1 saturated heterocycles. The summed E-state index contributed by atoms with van der Waals surface area (Å²) in [6, 6.07) is 8.40. The van der Waals surface area contributed by atoms with Gasteiger partial charge in [-0.25, -0.2) is 0 Å². The van der Waals surface area contributed by atoms with Crippen LogP contribution in [-0.4, -0.2) is 44.3 Å². The Morgan fingerprint density at radius 2 is 1.73 bits per heavy atom. The van der Waals surface area contributed by atoms with E-state index in [-0.39, 0.29) is 0 Å². The first kappa shape index (κ1) is 17.1. The third kappa shape index (κ3) is 4.62. The second-order valence-corrected chi connectivity index (χ2v) is 6.45. The van der Waals surface area contributed by atoms with Crippen LogP contribution in [0.4, 0.5) is 0 Å². The van der Waals surface area contributed by atoms with Crippen LogP contribution in [0.3, 0.4) is 0 Å². The van der Waals surface area contributed by atoms with Gasteiger partial charge in [-0.15, -0.1) is 0 Å². The molecule has 1 unspecified atom stereocenters. The molecule has 22 heavy (non-hydrogen) atoms. The molecule has 1 aromatic carbocycles. The molecule has 2 rings (SSSR count). The van der Waals surface area contributed by atoms with Gasteiger partial charge in [0.15, 0.2) is 0 Å². The van der Waals surface area contributed by atoms with E-state index in [0.29, 0.717) is 31.0 Å². The fourth-order valence-electron chi connectivity index (χ4n) is 3.18. The third-order valence-electron chi connectivity index (χ3n) is 4.80. The van der Waals surface area contributed by atoms with E-state index >= 15 is 0 Å². The molecule has 1 aromatic rings. The molecule has 0 aliphatic carbocycles. The van der Waals surface area contributed by atoms with Crippen molar-refractivity contribution < 1.29 is 9.47 Å². The summed E-state index contributed by atoms with van der Waals surface area (Å²) in [7, 11) is 1.67. The second-order valence-electron chi connectivity index (χ2n) is 6.45. The summed E-state index contributed by atoms with van der Waals surface area (Å²) >= 11 is 0. The lowest BCUT2D eigenvalue weighted by Crippen LogP contribution is -2.42. The maximum atomic E-state index is 5.99. The zero-order chi connectivity index (χ0) is 15.9. The first-order chi connectivity index (χ1) is 10.6. The SMILES string of the molecule is COc1ccc(OCC(CN)C2CCN(C(C)C)CC2)cc1. The molecule has 0 saturated carbocycles. The van der Waals surface area contributed by atoms with Crippen molar-refractivity contribution in [2.24, 2.45) is 17.6 Å². The molecule has 0 spiro atoms. The number of likely N-dealkylation sites (tertiary alicyclic amines) is 1. The first-order valence-corrected chi connectivity index (χ1v) is 8.35. The minimum Gasteiger partial charge on any atom is -0.497 e. The smallest absolute Gasteiger partial charge is 0.119 e. The molecule has 2 N–H and O–H groups in total. The summed E-state index contributed by atoms with van der Waals surface area (Å²) in [6.07, 6.45) is 2.46. The average molecular weight is 306 g/mol. The highest BCUT2D eigenvalue weighted by Crippen LogP contribution is 2.27.